The van der Waals surface area contributed by atoms with E-state index in [1.54, 1.807) is 18.2 Å². The van der Waals surface area contributed by atoms with Gasteiger partial charge in [0.25, 0.3) is 0 Å². The Labute approximate surface area is 206 Å². The lowest BCUT2D eigenvalue weighted by atomic mass is 9.75. The average Bonchev–Trinajstić information content (AvgIpc) is 3.51. The molecule has 2 aromatic rings. The summed E-state index contributed by atoms with van der Waals surface area (Å²) in [6.45, 7) is 4.31. The molecule has 4 heterocycles. The summed E-state index contributed by atoms with van der Waals surface area (Å²) in [6, 6.07) is 6.71. The SMILES string of the molecule is COc1cc(Cl)c(C)cc1N1C(=O)[C@H]2[C@@H](C1=O)[C@@]1(C(=O)Nc3c1ccc(Cl)c3C)N1CCC[C@@H]21. The molecule has 2 aromatic carbocycles. The van der Waals surface area contributed by atoms with Gasteiger partial charge in [-0.1, -0.05) is 29.3 Å². The zero-order chi connectivity index (χ0) is 24.1. The third-order valence-electron chi connectivity index (χ3n) is 8.06. The van der Waals surface area contributed by atoms with Crippen molar-refractivity contribution < 1.29 is 19.1 Å². The topological polar surface area (TPSA) is 78.9 Å². The minimum absolute atomic E-state index is 0.196. The third kappa shape index (κ3) is 2.45. The van der Waals surface area contributed by atoms with Crippen molar-refractivity contribution in [2.75, 3.05) is 23.9 Å². The van der Waals surface area contributed by atoms with Crippen molar-refractivity contribution in [1.29, 1.82) is 0 Å². The number of carbonyl (C=O) groups is 3. The van der Waals surface area contributed by atoms with Gasteiger partial charge >= 0.3 is 0 Å². The second-order valence-electron chi connectivity index (χ2n) is 9.51. The van der Waals surface area contributed by atoms with E-state index in [1.807, 2.05) is 19.9 Å². The predicted octanol–water partition coefficient (Wildman–Crippen LogP) is 4.05. The molecule has 3 saturated heterocycles. The number of halogens is 2. The van der Waals surface area contributed by atoms with Crippen LogP contribution in [0.3, 0.4) is 0 Å². The Morgan fingerprint density at radius 2 is 1.85 bits per heavy atom. The zero-order valence-corrected chi connectivity index (χ0v) is 20.5. The van der Waals surface area contributed by atoms with E-state index in [1.165, 1.54) is 12.0 Å². The number of nitrogens with zero attached hydrogens (tertiary/aromatic N) is 2. The van der Waals surface area contributed by atoms with Crippen molar-refractivity contribution in [3.05, 3.63) is 51.0 Å². The van der Waals surface area contributed by atoms with Crippen LogP contribution in [0, 0.1) is 25.7 Å². The Kier molecular flexibility index (Phi) is 4.63. The first-order valence-electron chi connectivity index (χ1n) is 11.3. The van der Waals surface area contributed by atoms with Crippen LogP contribution in [0.5, 0.6) is 5.75 Å². The van der Waals surface area contributed by atoms with E-state index in [0.717, 1.165) is 29.5 Å². The van der Waals surface area contributed by atoms with Gasteiger partial charge in [0.1, 0.15) is 11.3 Å². The molecule has 4 aliphatic heterocycles. The van der Waals surface area contributed by atoms with E-state index >= 15 is 0 Å². The summed E-state index contributed by atoms with van der Waals surface area (Å²) in [7, 11) is 1.48. The van der Waals surface area contributed by atoms with Gasteiger partial charge in [-0.15, -0.1) is 0 Å². The van der Waals surface area contributed by atoms with Crippen molar-refractivity contribution in [1.82, 2.24) is 4.90 Å². The number of rotatable bonds is 2. The molecule has 7 nitrogen and oxygen atoms in total. The van der Waals surface area contributed by atoms with Crippen LogP contribution in [-0.2, 0) is 19.9 Å². The van der Waals surface area contributed by atoms with Crippen LogP contribution >= 0.6 is 23.2 Å². The molecule has 0 radical (unpaired) electrons. The lowest BCUT2D eigenvalue weighted by molar-refractivity contribution is -0.135. The quantitative estimate of drug-likeness (QED) is 0.630. The number of amides is 3. The first kappa shape index (κ1) is 21.9. The van der Waals surface area contributed by atoms with Crippen LogP contribution in [0.2, 0.25) is 10.0 Å². The molecule has 3 amide bonds. The number of nitrogens with one attached hydrogen (secondary N) is 1. The Morgan fingerprint density at radius 1 is 1.09 bits per heavy atom. The fraction of sp³-hybridized carbons (Fsp3) is 0.400. The summed E-state index contributed by atoms with van der Waals surface area (Å²) >= 11 is 12.6. The number of benzene rings is 2. The monoisotopic (exact) mass is 499 g/mol. The highest BCUT2D eigenvalue weighted by Crippen LogP contribution is 2.61. The van der Waals surface area contributed by atoms with E-state index < -0.39 is 17.4 Å². The number of fused-ring (bicyclic) bond motifs is 7. The lowest BCUT2D eigenvalue weighted by Gasteiger charge is -2.36. The number of carbonyl (C=O) groups excluding carboxylic acids is 3. The van der Waals surface area contributed by atoms with Gasteiger partial charge in [-0.25, -0.2) is 4.90 Å². The van der Waals surface area contributed by atoms with E-state index in [-0.39, 0.29) is 23.8 Å². The van der Waals surface area contributed by atoms with Gasteiger partial charge < -0.3 is 10.1 Å². The second kappa shape index (κ2) is 7.20. The van der Waals surface area contributed by atoms with Crippen LogP contribution in [0.4, 0.5) is 11.4 Å². The molecule has 9 heteroatoms. The summed E-state index contributed by atoms with van der Waals surface area (Å²) in [5, 5.41) is 4.03. The molecule has 0 aliphatic carbocycles. The molecule has 3 fully saturated rings. The average molecular weight is 500 g/mol. The molecular formula is C25H23Cl2N3O4. The number of hydrogen-bond acceptors (Lipinski definition) is 5. The van der Waals surface area contributed by atoms with Gasteiger partial charge in [0.05, 0.1) is 30.3 Å². The standard InChI is InChI=1S/C25H23Cl2N3O4/c1-11-9-17(18(34-3)10-15(11)27)30-22(31)19-16-5-4-8-29(16)25(20(19)23(30)32)13-6-7-14(26)12(2)21(13)28-24(25)33/h6-7,9-10,16,19-20H,4-5,8H2,1-3H3,(H,28,33)/t16-,19+,20-,25-/m0/s1. The normalized spacial score (nSPS) is 29.6. The highest BCUT2D eigenvalue weighted by Gasteiger charge is 2.74. The van der Waals surface area contributed by atoms with Crippen LogP contribution in [-0.4, -0.2) is 42.3 Å². The maximum absolute atomic E-state index is 14.1. The first-order valence-corrected chi connectivity index (χ1v) is 12.1. The van der Waals surface area contributed by atoms with E-state index in [2.05, 4.69) is 10.2 Å². The molecule has 4 aliphatic rings. The third-order valence-corrected chi connectivity index (χ3v) is 8.88. The van der Waals surface area contributed by atoms with E-state index in [4.69, 9.17) is 27.9 Å². The molecule has 6 rings (SSSR count). The van der Waals surface area contributed by atoms with Crippen LogP contribution in [0.15, 0.2) is 24.3 Å². The Morgan fingerprint density at radius 3 is 2.59 bits per heavy atom. The number of anilines is 2. The Hall–Kier alpha value is -2.61. The zero-order valence-electron chi connectivity index (χ0n) is 18.9. The Balaban J connectivity index is 1.57. The largest absolute Gasteiger partial charge is 0.495 e. The van der Waals surface area contributed by atoms with Gasteiger partial charge in [0.15, 0.2) is 0 Å². The molecule has 0 unspecified atom stereocenters. The maximum Gasteiger partial charge on any atom is 0.250 e. The van der Waals surface area contributed by atoms with Crippen molar-refractivity contribution in [2.45, 2.75) is 38.3 Å². The van der Waals surface area contributed by atoms with Crippen molar-refractivity contribution in [2.24, 2.45) is 11.8 Å². The fourth-order valence-corrected chi connectivity index (χ4v) is 6.93. The molecule has 4 atom stereocenters. The summed E-state index contributed by atoms with van der Waals surface area (Å²) in [5.41, 5.74) is 1.96. The van der Waals surface area contributed by atoms with Gasteiger partial charge in [0.2, 0.25) is 17.7 Å². The summed E-state index contributed by atoms with van der Waals surface area (Å²) < 4.78 is 5.49. The fourth-order valence-electron chi connectivity index (χ4n) is 6.61. The summed E-state index contributed by atoms with van der Waals surface area (Å²) in [4.78, 5) is 45.2. The molecule has 0 bridgehead atoms. The first-order chi connectivity index (χ1) is 16.2. The van der Waals surface area contributed by atoms with Gasteiger partial charge in [-0.05, 0) is 56.5 Å². The number of hydrogen-bond donors (Lipinski definition) is 1. The lowest BCUT2D eigenvalue weighted by Crippen LogP contribution is -2.54. The number of methoxy groups -OCH3 is 1. The van der Waals surface area contributed by atoms with Crippen LogP contribution in [0.25, 0.3) is 0 Å². The van der Waals surface area contributed by atoms with Crippen LogP contribution in [0.1, 0.15) is 29.5 Å². The molecule has 0 aromatic heterocycles. The molecule has 176 valence electrons. The number of ether oxygens (including phenoxy) is 1. The van der Waals surface area contributed by atoms with Crippen molar-refractivity contribution >= 4 is 52.3 Å². The van der Waals surface area contributed by atoms with Gasteiger partial charge in [0, 0.05) is 27.7 Å². The minimum Gasteiger partial charge on any atom is -0.495 e. The van der Waals surface area contributed by atoms with Gasteiger partial charge in [-0.2, -0.15) is 0 Å². The Bertz CT molecular complexity index is 1310. The second-order valence-corrected chi connectivity index (χ2v) is 10.3. The van der Waals surface area contributed by atoms with E-state index in [0.29, 0.717) is 33.7 Å². The highest BCUT2D eigenvalue weighted by molar-refractivity contribution is 6.33. The number of aryl methyl sites for hydroxylation is 1. The molecule has 1 spiro atoms. The van der Waals surface area contributed by atoms with E-state index in [9.17, 15) is 14.4 Å². The van der Waals surface area contributed by atoms with Gasteiger partial charge in [-0.3, -0.25) is 19.3 Å². The maximum atomic E-state index is 14.1. The summed E-state index contributed by atoms with van der Waals surface area (Å²) in [5.74, 6) is -2.07. The van der Waals surface area contributed by atoms with Crippen molar-refractivity contribution in [3.8, 4) is 5.75 Å². The summed E-state index contributed by atoms with van der Waals surface area (Å²) in [6.07, 6.45) is 1.61. The smallest absolute Gasteiger partial charge is 0.250 e. The molecule has 1 N–H and O–H groups in total. The van der Waals surface area contributed by atoms with Crippen LogP contribution < -0.4 is 15.0 Å². The minimum atomic E-state index is -1.24. The number of imide groups is 1. The molecule has 0 saturated carbocycles. The molecular weight excluding hydrogens is 477 g/mol. The highest BCUT2D eigenvalue weighted by atomic mass is 35.5. The molecule has 34 heavy (non-hydrogen) atoms. The predicted molar refractivity (Wildman–Crippen MR) is 128 cm³/mol. The van der Waals surface area contributed by atoms with Crippen molar-refractivity contribution in [3.63, 3.8) is 0 Å².